The van der Waals surface area contributed by atoms with Crippen LogP contribution in [0.15, 0.2) is 42.5 Å². The Morgan fingerprint density at radius 2 is 1.79 bits per heavy atom. The van der Waals surface area contributed by atoms with Gasteiger partial charge in [-0.05, 0) is 43.2 Å². The van der Waals surface area contributed by atoms with Crippen LogP contribution in [0.3, 0.4) is 0 Å². The summed E-state index contributed by atoms with van der Waals surface area (Å²) in [5.74, 6) is -0.962. The molecule has 2 aromatic rings. The van der Waals surface area contributed by atoms with Crippen LogP contribution in [0, 0.1) is 5.92 Å². The average Bonchev–Trinajstić information content (AvgIpc) is 2.65. The van der Waals surface area contributed by atoms with E-state index in [2.05, 4.69) is 5.32 Å². The maximum atomic E-state index is 12.9. The van der Waals surface area contributed by atoms with Crippen LogP contribution in [0.25, 0.3) is 0 Å². The van der Waals surface area contributed by atoms with Gasteiger partial charge in [-0.15, -0.1) is 0 Å². The van der Waals surface area contributed by atoms with Crippen molar-refractivity contribution in [3.8, 4) is 0 Å². The number of hydrogen-bond acceptors (Lipinski definition) is 3. The first-order chi connectivity index (χ1) is 13.3. The van der Waals surface area contributed by atoms with Gasteiger partial charge < -0.3 is 5.32 Å². The topological polar surface area (TPSA) is 66.5 Å². The van der Waals surface area contributed by atoms with Crippen LogP contribution in [0.2, 0.25) is 15.1 Å². The smallest absolute Gasteiger partial charge is 0.228 e. The molecule has 150 valence electrons. The number of benzene rings is 2. The van der Waals surface area contributed by atoms with E-state index < -0.39 is 15.9 Å². The fourth-order valence-electron chi connectivity index (χ4n) is 3.16. The standard InChI is InChI=1S/C19H19Cl3N2O3S/c20-14-5-1-6-15(10-14)23-19(25)13-4-3-9-24(11-13)28(26,27)12-16-17(21)7-2-8-18(16)22/h1-2,5-8,10,13H,3-4,9,11-12H2,(H,23,25)/t13-/m1/s1. The third-order valence-corrected chi connectivity index (χ3v) is 7.34. The van der Waals surface area contributed by atoms with Gasteiger partial charge in [-0.2, -0.15) is 0 Å². The van der Waals surface area contributed by atoms with Crippen molar-refractivity contribution in [3.63, 3.8) is 0 Å². The molecule has 1 aliphatic heterocycles. The largest absolute Gasteiger partial charge is 0.326 e. The molecule has 28 heavy (non-hydrogen) atoms. The van der Waals surface area contributed by atoms with Crippen molar-refractivity contribution in [2.24, 2.45) is 5.92 Å². The molecule has 0 unspecified atom stereocenters. The van der Waals surface area contributed by atoms with Gasteiger partial charge in [0, 0.05) is 39.4 Å². The summed E-state index contributed by atoms with van der Waals surface area (Å²) in [6.45, 7) is 0.488. The van der Waals surface area contributed by atoms with Gasteiger partial charge in [-0.1, -0.05) is 46.9 Å². The zero-order chi connectivity index (χ0) is 20.3. The van der Waals surface area contributed by atoms with Gasteiger partial charge in [0.05, 0.1) is 11.7 Å². The number of carbonyl (C=O) groups is 1. The lowest BCUT2D eigenvalue weighted by molar-refractivity contribution is -0.120. The van der Waals surface area contributed by atoms with Crippen molar-refractivity contribution < 1.29 is 13.2 Å². The highest BCUT2D eigenvalue weighted by atomic mass is 35.5. The van der Waals surface area contributed by atoms with Crippen molar-refractivity contribution >= 4 is 56.4 Å². The Labute approximate surface area is 179 Å². The maximum absolute atomic E-state index is 12.9. The molecule has 3 rings (SSSR count). The van der Waals surface area contributed by atoms with E-state index in [1.165, 1.54) is 4.31 Å². The Kier molecular flexibility index (Phi) is 6.89. The Hall–Kier alpha value is -1.31. The molecule has 0 radical (unpaired) electrons. The normalized spacial score (nSPS) is 18.0. The Balaban J connectivity index is 1.70. The van der Waals surface area contributed by atoms with Gasteiger partial charge in [0.25, 0.3) is 0 Å². The zero-order valence-corrected chi connectivity index (χ0v) is 18.0. The highest BCUT2D eigenvalue weighted by molar-refractivity contribution is 7.88. The van der Waals surface area contributed by atoms with E-state index in [0.29, 0.717) is 45.7 Å². The Bertz CT molecular complexity index is 962. The molecule has 1 aliphatic rings. The van der Waals surface area contributed by atoms with Gasteiger partial charge >= 0.3 is 0 Å². The molecule has 9 heteroatoms. The van der Waals surface area contributed by atoms with Crippen LogP contribution in [-0.4, -0.2) is 31.7 Å². The number of piperidine rings is 1. The first-order valence-electron chi connectivity index (χ1n) is 8.73. The SMILES string of the molecule is O=C(Nc1cccc(Cl)c1)[C@@H]1CCCN(S(=O)(=O)Cc2c(Cl)cccc2Cl)C1. The summed E-state index contributed by atoms with van der Waals surface area (Å²) in [5.41, 5.74) is 0.955. The summed E-state index contributed by atoms with van der Waals surface area (Å²) >= 11 is 18.2. The van der Waals surface area contributed by atoms with Gasteiger partial charge in [0.15, 0.2) is 0 Å². The number of nitrogens with one attached hydrogen (secondary N) is 1. The fourth-order valence-corrected chi connectivity index (χ4v) is 5.72. The number of halogens is 3. The lowest BCUT2D eigenvalue weighted by atomic mass is 9.99. The van der Waals surface area contributed by atoms with E-state index >= 15 is 0 Å². The molecule has 0 aromatic heterocycles. The van der Waals surface area contributed by atoms with E-state index in [0.717, 1.165) is 0 Å². The second-order valence-corrected chi connectivity index (χ2v) is 9.87. The first kappa shape index (κ1) is 21.4. The van der Waals surface area contributed by atoms with Crippen molar-refractivity contribution in [2.75, 3.05) is 18.4 Å². The minimum atomic E-state index is -3.66. The van der Waals surface area contributed by atoms with Gasteiger partial charge in [-0.25, -0.2) is 12.7 Å². The second-order valence-electron chi connectivity index (χ2n) is 6.65. The molecule has 1 amide bonds. The van der Waals surface area contributed by atoms with Crippen LogP contribution in [-0.2, 0) is 20.6 Å². The van der Waals surface area contributed by atoms with Crippen LogP contribution in [0.1, 0.15) is 18.4 Å². The molecule has 1 saturated heterocycles. The number of carbonyl (C=O) groups excluding carboxylic acids is 1. The number of nitrogens with zero attached hydrogens (tertiary/aromatic N) is 1. The minimum absolute atomic E-state index is 0.122. The van der Waals surface area contributed by atoms with Crippen LogP contribution >= 0.6 is 34.8 Å². The van der Waals surface area contributed by atoms with E-state index in [-0.39, 0.29) is 18.2 Å². The van der Waals surface area contributed by atoms with Crippen LogP contribution in [0.5, 0.6) is 0 Å². The average molecular weight is 462 g/mol. The third-order valence-electron chi connectivity index (χ3n) is 4.63. The summed E-state index contributed by atoms with van der Waals surface area (Å²) in [6, 6.07) is 11.7. The predicted molar refractivity (Wildman–Crippen MR) is 113 cm³/mol. The molecule has 0 spiro atoms. The first-order valence-corrected chi connectivity index (χ1v) is 11.5. The molecule has 5 nitrogen and oxygen atoms in total. The minimum Gasteiger partial charge on any atom is -0.326 e. The van der Waals surface area contributed by atoms with Crippen molar-refractivity contribution in [3.05, 3.63) is 63.1 Å². The predicted octanol–water partition coefficient (Wildman–Crippen LogP) is 4.83. The van der Waals surface area contributed by atoms with E-state index in [1.807, 2.05) is 0 Å². The Morgan fingerprint density at radius 3 is 2.46 bits per heavy atom. The summed E-state index contributed by atoms with van der Waals surface area (Å²) in [6.07, 6.45) is 1.22. The molecule has 1 fully saturated rings. The van der Waals surface area contributed by atoms with E-state index in [4.69, 9.17) is 34.8 Å². The number of sulfonamides is 1. The Morgan fingerprint density at radius 1 is 1.11 bits per heavy atom. The molecule has 1 heterocycles. The number of anilines is 1. The lowest BCUT2D eigenvalue weighted by Crippen LogP contribution is -2.44. The molecule has 1 N–H and O–H groups in total. The second kappa shape index (κ2) is 9.01. The summed E-state index contributed by atoms with van der Waals surface area (Å²) in [7, 11) is -3.66. The third kappa shape index (κ3) is 5.19. The highest BCUT2D eigenvalue weighted by Gasteiger charge is 2.33. The van der Waals surface area contributed by atoms with Crippen molar-refractivity contribution in [1.29, 1.82) is 0 Å². The lowest BCUT2D eigenvalue weighted by Gasteiger charge is -2.31. The van der Waals surface area contributed by atoms with Gasteiger partial charge in [0.1, 0.15) is 0 Å². The quantitative estimate of drug-likeness (QED) is 0.693. The molecule has 0 saturated carbocycles. The maximum Gasteiger partial charge on any atom is 0.228 e. The molecular weight excluding hydrogens is 443 g/mol. The molecule has 1 atom stereocenters. The number of rotatable bonds is 5. The molecule has 0 aliphatic carbocycles. The highest BCUT2D eigenvalue weighted by Crippen LogP contribution is 2.29. The van der Waals surface area contributed by atoms with Crippen molar-refractivity contribution in [1.82, 2.24) is 4.31 Å². The fraction of sp³-hybridized carbons (Fsp3) is 0.316. The van der Waals surface area contributed by atoms with Gasteiger partial charge in [0.2, 0.25) is 15.9 Å². The summed E-state index contributed by atoms with van der Waals surface area (Å²) in [5, 5.41) is 3.94. The van der Waals surface area contributed by atoms with Crippen molar-refractivity contribution in [2.45, 2.75) is 18.6 Å². The van der Waals surface area contributed by atoms with Gasteiger partial charge in [-0.3, -0.25) is 4.79 Å². The number of hydrogen-bond donors (Lipinski definition) is 1. The van der Waals surface area contributed by atoms with E-state index in [9.17, 15) is 13.2 Å². The van der Waals surface area contributed by atoms with Crippen LogP contribution < -0.4 is 5.32 Å². The molecule has 0 bridgehead atoms. The summed E-state index contributed by atoms with van der Waals surface area (Å²) < 4.78 is 27.1. The molecule has 2 aromatic carbocycles. The van der Waals surface area contributed by atoms with Crippen LogP contribution in [0.4, 0.5) is 5.69 Å². The monoisotopic (exact) mass is 460 g/mol. The number of amides is 1. The zero-order valence-electron chi connectivity index (χ0n) is 14.9. The van der Waals surface area contributed by atoms with E-state index in [1.54, 1.807) is 42.5 Å². The summed E-state index contributed by atoms with van der Waals surface area (Å²) in [4.78, 5) is 12.6. The molecular formula is C19H19Cl3N2O3S.